The number of hydrogen-bond acceptors (Lipinski definition) is 3. The molecule has 1 aliphatic rings. The van der Waals surface area contributed by atoms with Crippen LogP contribution in [0.5, 0.6) is 0 Å². The number of hydrogen-bond donors (Lipinski definition) is 2. The molecule has 2 aromatic carbocycles. The second kappa shape index (κ2) is 8.97. The number of nitrogens with one attached hydrogen (secondary N) is 2. The maximum absolute atomic E-state index is 12.6. The Labute approximate surface area is 171 Å². The minimum absolute atomic E-state index is 0.109. The summed E-state index contributed by atoms with van der Waals surface area (Å²) in [5.74, 6) is -0.109. The summed E-state index contributed by atoms with van der Waals surface area (Å²) in [6.07, 6.45) is 6.79. The van der Waals surface area contributed by atoms with Crippen LogP contribution in [-0.2, 0) is 10.0 Å². The van der Waals surface area contributed by atoms with E-state index in [1.165, 1.54) is 37.1 Å². The Bertz CT molecular complexity index is 935. The highest BCUT2D eigenvalue weighted by Gasteiger charge is 2.18. The first-order chi connectivity index (χ1) is 13.3. The molecule has 1 fully saturated rings. The van der Waals surface area contributed by atoms with Gasteiger partial charge in [-0.25, -0.2) is 8.42 Å². The van der Waals surface area contributed by atoms with Crippen LogP contribution < -0.4 is 10.0 Å². The quantitative estimate of drug-likeness (QED) is 0.675. The number of amides is 1. The molecule has 0 radical (unpaired) electrons. The van der Waals surface area contributed by atoms with Crippen molar-refractivity contribution in [2.24, 2.45) is 0 Å². The first kappa shape index (κ1) is 20.7. The highest BCUT2D eigenvalue weighted by molar-refractivity contribution is 7.92. The Morgan fingerprint density at radius 1 is 1.00 bits per heavy atom. The maximum Gasteiger partial charge on any atom is 0.261 e. The zero-order valence-electron chi connectivity index (χ0n) is 15.9. The Morgan fingerprint density at radius 2 is 1.64 bits per heavy atom. The second-order valence-corrected chi connectivity index (χ2v) is 9.37. The predicted octanol–water partition coefficient (Wildman–Crippen LogP) is 4.90. The molecule has 2 aromatic rings. The van der Waals surface area contributed by atoms with Crippen LogP contribution in [0.2, 0.25) is 5.02 Å². The molecule has 0 heterocycles. The number of carbonyl (C=O) groups excluding carboxylic acids is 1. The molecule has 0 aliphatic heterocycles. The van der Waals surface area contributed by atoms with Gasteiger partial charge in [-0.3, -0.25) is 9.52 Å². The summed E-state index contributed by atoms with van der Waals surface area (Å²) in [7, 11) is -3.72. The zero-order valence-corrected chi connectivity index (χ0v) is 17.4. The molecule has 1 aliphatic carbocycles. The van der Waals surface area contributed by atoms with Gasteiger partial charge < -0.3 is 5.32 Å². The molecule has 1 amide bonds. The standard InChI is InChI=1S/C21H25ClN2O3S/c1-15-14-16(21(25)23-18-6-4-2-3-5-7-18)8-13-20(15)24-28(26,27)19-11-9-17(22)10-12-19/h8-14,18,24H,2-7H2,1H3,(H,23,25). The fraction of sp³-hybridized carbons (Fsp3) is 0.381. The van der Waals surface area contributed by atoms with Crippen molar-refractivity contribution in [2.45, 2.75) is 56.4 Å². The van der Waals surface area contributed by atoms with Gasteiger partial charge in [0.25, 0.3) is 15.9 Å². The van der Waals surface area contributed by atoms with Crippen LogP contribution in [0.4, 0.5) is 5.69 Å². The van der Waals surface area contributed by atoms with Crippen LogP contribution in [0.25, 0.3) is 0 Å². The normalized spacial score (nSPS) is 15.6. The first-order valence-electron chi connectivity index (χ1n) is 9.55. The Balaban J connectivity index is 1.71. The molecular weight excluding hydrogens is 396 g/mol. The van der Waals surface area contributed by atoms with Gasteiger partial charge >= 0.3 is 0 Å². The van der Waals surface area contributed by atoms with Gasteiger partial charge in [0.2, 0.25) is 0 Å². The van der Waals surface area contributed by atoms with Crippen LogP contribution in [0.3, 0.4) is 0 Å². The molecule has 0 atom stereocenters. The molecule has 0 aromatic heterocycles. The van der Waals surface area contributed by atoms with Crippen molar-refractivity contribution in [1.82, 2.24) is 5.32 Å². The van der Waals surface area contributed by atoms with E-state index in [1.54, 1.807) is 25.1 Å². The van der Waals surface area contributed by atoms with E-state index >= 15 is 0 Å². The number of carbonyl (C=O) groups is 1. The second-order valence-electron chi connectivity index (χ2n) is 7.25. The van der Waals surface area contributed by atoms with E-state index in [0.29, 0.717) is 21.8 Å². The number of halogens is 1. The monoisotopic (exact) mass is 420 g/mol. The van der Waals surface area contributed by atoms with Crippen molar-refractivity contribution < 1.29 is 13.2 Å². The van der Waals surface area contributed by atoms with E-state index in [4.69, 9.17) is 11.6 Å². The van der Waals surface area contributed by atoms with E-state index in [1.807, 2.05) is 0 Å². The van der Waals surface area contributed by atoms with Gasteiger partial charge in [0.1, 0.15) is 0 Å². The van der Waals surface area contributed by atoms with Crippen molar-refractivity contribution in [1.29, 1.82) is 0 Å². The van der Waals surface area contributed by atoms with Gasteiger partial charge in [-0.2, -0.15) is 0 Å². The van der Waals surface area contributed by atoms with Gasteiger partial charge in [0, 0.05) is 16.6 Å². The molecule has 5 nitrogen and oxygen atoms in total. The Kier molecular flexibility index (Phi) is 6.62. The van der Waals surface area contributed by atoms with Crippen LogP contribution >= 0.6 is 11.6 Å². The summed E-state index contributed by atoms with van der Waals surface area (Å²) >= 11 is 5.82. The maximum atomic E-state index is 12.6. The van der Waals surface area contributed by atoms with Crippen molar-refractivity contribution in [2.75, 3.05) is 4.72 Å². The minimum Gasteiger partial charge on any atom is -0.349 e. The average molecular weight is 421 g/mol. The van der Waals surface area contributed by atoms with Crippen LogP contribution in [-0.4, -0.2) is 20.4 Å². The molecule has 150 valence electrons. The van der Waals surface area contributed by atoms with Crippen LogP contribution in [0, 0.1) is 6.92 Å². The number of benzene rings is 2. The molecule has 0 unspecified atom stereocenters. The highest BCUT2D eigenvalue weighted by atomic mass is 35.5. The predicted molar refractivity (Wildman–Crippen MR) is 112 cm³/mol. The molecule has 1 saturated carbocycles. The summed E-state index contributed by atoms with van der Waals surface area (Å²) in [6, 6.07) is 11.2. The number of anilines is 1. The summed E-state index contributed by atoms with van der Waals surface area (Å²) in [5.41, 5.74) is 1.67. The number of aryl methyl sites for hydroxylation is 1. The van der Waals surface area contributed by atoms with Crippen molar-refractivity contribution in [3.63, 3.8) is 0 Å². The third-order valence-electron chi connectivity index (χ3n) is 5.05. The van der Waals surface area contributed by atoms with Gasteiger partial charge in [-0.1, -0.05) is 37.3 Å². The molecule has 2 N–H and O–H groups in total. The van der Waals surface area contributed by atoms with Crippen LogP contribution in [0.15, 0.2) is 47.4 Å². The zero-order chi connectivity index (χ0) is 20.1. The molecule has 3 rings (SSSR count). The van der Waals surface area contributed by atoms with Gasteiger partial charge in [0.15, 0.2) is 0 Å². The minimum atomic E-state index is -3.72. The molecule has 7 heteroatoms. The van der Waals surface area contributed by atoms with E-state index in [2.05, 4.69) is 10.0 Å². The molecule has 0 spiro atoms. The third kappa shape index (κ3) is 5.26. The Morgan fingerprint density at radius 3 is 2.25 bits per heavy atom. The van der Waals surface area contributed by atoms with E-state index in [-0.39, 0.29) is 16.8 Å². The molecular formula is C21H25ClN2O3S. The third-order valence-corrected chi connectivity index (χ3v) is 6.68. The summed E-state index contributed by atoms with van der Waals surface area (Å²) in [5, 5.41) is 3.58. The largest absolute Gasteiger partial charge is 0.349 e. The van der Waals surface area contributed by atoms with Gasteiger partial charge in [-0.05, 0) is 67.8 Å². The fourth-order valence-electron chi connectivity index (χ4n) is 3.43. The SMILES string of the molecule is Cc1cc(C(=O)NC2CCCCCC2)ccc1NS(=O)(=O)c1ccc(Cl)cc1. The molecule has 0 saturated heterocycles. The van der Waals surface area contributed by atoms with Crippen LogP contribution in [0.1, 0.15) is 54.4 Å². The lowest BCUT2D eigenvalue weighted by atomic mass is 10.1. The van der Waals surface area contributed by atoms with Crippen molar-refractivity contribution in [3.8, 4) is 0 Å². The lowest BCUT2D eigenvalue weighted by Crippen LogP contribution is -2.34. The smallest absolute Gasteiger partial charge is 0.261 e. The molecule has 0 bridgehead atoms. The summed E-state index contributed by atoms with van der Waals surface area (Å²) < 4.78 is 27.7. The average Bonchev–Trinajstić information content (AvgIpc) is 2.92. The summed E-state index contributed by atoms with van der Waals surface area (Å²) in [4.78, 5) is 12.7. The highest BCUT2D eigenvalue weighted by Crippen LogP contribution is 2.23. The lowest BCUT2D eigenvalue weighted by molar-refractivity contribution is 0.0933. The van der Waals surface area contributed by atoms with Crippen molar-refractivity contribution in [3.05, 3.63) is 58.6 Å². The van der Waals surface area contributed by atoms with E-state index in [0.717, 1.165) is 25.7 Å². The van der Waals surface area contributed by atoms with Gasteiger partial charge in [0.05, 0.1) is 10.6 Å². The Hall–Kier alpha value is -2.05. The number of rotatable bonds is 5. The first-order valence-corrected chi connectivity index (χ1v) is 11.4. The van der Waals surface area contributed by atoms with Gasteiger partial charge in [-0.15, -0.1) is 0 Å². The molecule has 28 heavy (non-hydrogen) atoms. The summed E-state index contributed by atoms with van der Waals surface area (Å²) in [6.45, 7) is 1.78. The lowest BCUT2D eigenvalue weighted by Gasteiger charge is -2.17. The van der Waals surface area contributed by atoms with E-state index < -0.39 is 10.0 Å². The topological polar surface area (TPSA) is 75.3 Å². The van der Waals surface area contributed by atoms with Crippen molar-refractivity contribution >= 4 is 33.2 Å². The number of sulfonamides is 1. The fourth-order valence-corrected chi connectivity index (χ4v) is 4.69. The van der Waals surface area contributed by atoms with E-state index in [9.17, 15) is 13.2 Å².